The van der Waals surface area contributed by atoms with Crippen LogP contribution in [0.3, 0.4) is 0 Å². The lowest BCUT2D eigenvalue weighted by molar-refractivity contribution is -0.141. The number of carbonyl (C=O) groups is 2. The van der Waals surface area contributed by atoms with Crippen molar-refractivity contribution >= 4 is 11.9 Å². The van der Waals surface area contributed by atoms with Crippen molar-refractivity contribution in [1.82, 2.24) is 5.32 Å². The van der Waals surface area contributed by atoms with Gasteiger partial charge < -0.3 is 15.2 Å². The van der Waals surface area contributed by atoms with Gasteiger partial charge in [-0.1, -0.05) is 60.7 Å². The van der Waals surface area contributed by atoms with Crippen molar-refractivity contribution in [1.29, 1.82) is 0 Å². The quantitative estimate of drug-likeness (QED) is 0.733. The topological polar surface area (TPSA) is 75.6 Å². The molecular formula is C23H27NO4. The molecule has 2 aromatic rings. The van der Waals surface area contributed by atoms with Crippen LogP contribution in [0.1, 0.15) is 42.7 Å². The molecule has 0 radical (unpaired) electrons. The van der Waals surface area contributed by atoms with Crippen molar-refractivity contribution in [3.63, 3.8) is 0 Å². The van der Waals surface area contributed by atoms with Gasteiger partial charge in [0.25, 0.3) is 0 Å². The third-order valence-corrected chi connectivity index (χ3v) is 5.20. The standard InChI is InChI=1S/C23H27NO4/c25-22(26)16-20-15-19(13-14-28-20)24-23(27)21(18-9-5-2-6-10-18)12-11-17-7-3-1-4-8-17/h1-10,19-21H,11-16H2,(H,24,27)(H,25,26). The minimum atomic E-state index is -0.873. The summed E-state index contributed by atoms with van der Waals surface area (Å²) in [4.78, 5) is 24.0. The largest absolute Gasteiger partial charge is 0.481 e. The average molecular weight is 381 g/mol. The fourth-order valence-corrected chi connectivity index (χ4v) is 3.74. The molecule has 3 unspecified atom stereocenters. The number of rotatable bonds is 8. The van der Waals surface area contributed by atoms with Crippen molar-refractivity contribution in [3.05, 3.63) is 71.8 Å². The molecule has 0 aromatic heterocycles. The number of aryl methyl sites for hydroxylation is 1. The van der Waals surface area contributed by atoms with Gasteiger partial charge in [-0.05, 0) is 36.8 Å². The fraction of sp³-hybridized carbons (Fsp3) is 0.391. The van der Waals surface area contributed by atoms with Gasteiger partial charge in [-0.3, -0.25) is 9.59 Å². The predicted octanol–water partition coefficient (Wildman–Crippen LogP) is 3.54. The number of ether oxygens (including phenoxy) is 1. The van der Waals surface area contributed by atoms with Crippen LogP contribution in [-0.4, -0.2) is 35.7 Å². The van der Waals surface area contributed by atoms with Crippen LogP contribution in [0.15, 0.2) is 60.7 Å². The van der Waals surface area contributed by atoms with Crippen LogP contribution < -0.4 is 5.32 Å². The molecule has 28 heavy (non-hydrogen) atoms. The molecule has 0 saturated carbocycles. The van der Waals surface area contributed by atoms with E-state index in [2.05, 4.69) is 17.4 Å². The Kier molecular flexibility index (Phi) is 7.20. The van der Waals surface area contributed by atoms with Crippen LogP contribution in [-0.2, 0) is 20.7 Å². The molecule has 0 bridgehead atoms. The van der Waals surface area contributed by atoms with Gasteiger partial charge in [0.1, 0.15) is 0 Å². The van der Waals surface area contributed by atoms with Gasteiger partial charge >= 0.3 is 5.97 Å². The van der Waals surface area contributed by atoms with Crippen LogP contribution in [0.4, 0.5) is 0 Å². The van der Waals surface area contributed by atoms with E-state index in [-0.39, 0.29) is 30.4 Å². The first-order chi connectivity index (χ1) is 13.6. The molecule has 5 nitrogen and oxygen atoms in total. The van der Waals surface area contributed by atoms with E-state index in [0.717, 1.165) is 18.4 Å². The van der Waals surface area contributed by atoms with Crippen LogP contribution >= 0.6 is 0 Å². The van der Waals surface area contributed by atoms with Crippen LogP contribution in [0, 0.1) is 0 Å². The molecule has 1 heterocycles. The van der Waals surface area contributed by atoms with E-state index in [1.165, 1.54) is 5.56 Å². The van der Waals surface area contributed by atoms with Gasteiger partial charge in [0, 0.05) is 12.6 Å². The zero-order valence-corrected chi connectivity index (χ0v) is 15.9. The summed E-state index contributed by atoms with van der Waals surface area (Å²) >= 11 is 0. The van der Waals surface area contributed by atoms with E-state index >= 15 is 0 Å². The Morgan fingerprint density at radius 1 is 1.07 bits per heavy atom. The highest BCUT2D eigenvalue weighted by molar-refractivity contribution is 5.84. The summed E-state index contributed by atoms with van der Waals surface area (Å²) < 4.78 is 5.52. The van der Waals surface area contributed by atoms with E-state index in [0.29, 0.717) is 19.4 Å². The Hall–Kier alpha value is -2.66. The maximum Gasteiger partial charge on any atom is 0.305 e. The second-order valence-electron chi connectivity index (χ2n) is 7.31. The zero-order chi connectivity index (χ0) is 19.8. The summed E-state index contributed by atoms with van der Waals surface area (Å²) in [6.45, 7) is 0.475. The number of carboxylic acid groups (broad SMARTS) is 1. The first-order valence-corrected chi connectivity index (χ1v) is 9.84. The van der Waals surface area contributed by atoms with Crippen molar-refractivity contribution in [2.45, 2.75) is 50.2 Å². The lowest BCUT2D eigenvalue weighted by Crippen LogP contribution is -2.44. The average Bonchev–Trinajstić information content (AvgIpc) is 2.69. The second-order valence-corrected chi connectivity index (χ2v) is 7.31. The number of amides is 1. The molecule has 5 heteroatoms. The highest BCUT2D eigenvalue weighted by Crippen LogP contribution is 2.24. The molecule has 1 amide bonds. The normalized spacial score (nSPS) is 20.3. The van der Waals surface area contributed by atoms with Gasteiger partial charge in [0.15, 0.2) is 0 Å². The van der Waals surface area contributed by atoms with Crippen LogP contribution in [0.5, 0.6) is 0 Å². The third kappa shape index (κ3) is 5.92. The number of hydrogen-bond acceptors (Lipinski definition) is 3. The van der Waals surface area contributed by atoms with Gasteiger partial charge in [-0.15, -0.1) is 0 Å². The lowest BCUT2D eigenvalue weighted by atomic mass is 9.90. The molecular weight excluding hydrogens is 354 g/mol. The van der Waals surface area contributed by atoms with E-state index in [1.807, 2.05) is 48.5 Å². The van der Waals surface area contributed by atoms with Crippen LogP contribution in [0.25, 0.3) is 0 Å². The van der Waals surface area contributed by atoms with Crippen molar-refractivity contribution in [3.8, 4) is 0 Å². The number of benzene rings is 2. The smallest absolute Gasteiger partial charge is 0.305 e. The number of carbonyl (C=O) groups excluding carboxylic acids is 1. The molecule has 3 rings (SSSR count). The van der Waals surface area contributed by atoms with E-state index in [4.69, 9.17) is 9.84 Å². The molecule has 2 N–H and O–H groups in total. The van der Waals surface area contributed by atoms with E-state index in [9.17, 15) is 9.59 Å². The molecule has 148 valence electrons. The van der Waals surface area contributed by atoms with E-state index in [1.54, 1.807) is 0 Å². The first kappa shape index (κ1) is 20.1. The number of hydrogen-bond donors (Lipinski definition) is 2. The first-order valence-electron chi connectivity index (χ1n) is 9.84. The monoisotopic (exact) mass is 381 g/mol. The molecule has 0 spiro atoms. The SMILES string of the molecule is O=C(O)CC1CC(NC(=O)C(CCc2ccccc2)c2ccccc2)CCO1. The summed E-state index contributed by atoms with van der Waals surface area (Å²) in [6.07, 6.45) is 2.43. The van der Waals surface area contributed by atoms with Crippen LogP contribution in [0.2, 0.25) is 0 Å². The molecule has 1 fully saturated rings. The lowest BCUT2D eigenvalue weighted by Gasteiger charge is -2.30. The highest BCUT2D eigenvalue weighted by atomic mass is 16.5. The summed E-state index contributed by atoms with van der Waals surface area (Å²) in [5, 5.41) is 12.1. The fourth-order valence-electron chi connectivity index (χ4n) is 3.74. The summed E-state index contributed by atoms with van der Waals surface area (Å²) in [5.41, 5.74) is 2.22. The van der Waals surface area contributed by atoms with Crippen molar-refractivity contribution in [2.75, 3.05) is 6.61 Å². The number of nitrogens with one attached hydrogen (secondary N) is 1. The molecule has 3 atom stereocenters. The Morgan fingerprint density at radius 2 is 1.75 bits per heavy atom. The second kappa shape index (κ2) is 10.0. The van der Waals surface area contributed by atoms with Gasteiger partial charge in [-0.2, -0.15) is 0 Å². The summed E-state index contributed by atoms with van der Waals surface area (Å²) in [5.74, 6) is -1.10. The maximum atomic E-state index is 13.1. The Balaban J connectivity index is 1.65. The summed E-state index contributed by atoms with van der Waals surface area (Å²) in [6, 6.07) is 20.0. The third-order valence-electron chi connectivity index (χ3n) is 5.20. The highest BCUT2D eigenvalue weighted by Gasteiger charge is 2.28. The number of carboxylic acids is 1. The predicted molar refractivity (Wildman–Crippen MR) is 107 cm³/mol. The zero-order valence-electron chi connectivity index (χ0n) is 15.9. The van der Waals surface area contributed by atoms with Gasteiger partial charge in [0.2, 0.25) is 5.91 Å². The summed E-state index contributed by atoms with van der Waals surface area (Å²) in [7, 11) is 0. The molecule has 0 aliphatic carbocycles. The Labute approximate surface area is 165 Å². The van der Waals surface area contributed by atoms with Crippen molar-refractivity contribution in [2.24, 2.45) is 0 Å². The Bertz CT molecular complexity index is 763. The maximum absolute atomic E-state index is 13.1. The van der Waals surface area contributed by atoms with Gasteiger partial charge in [-0.25, -0.2) is 0 Å². The molecule has 1 saturated heterocycles. The van der Waals surface area contributed by atoms with Gasteiger partial charge in [0.05, 0.1) is 18.4 Å². The minimum absolute atomic E-state index is 0.00288. The van der Waals surface area contributed by atoms with Crippen molar-refractivity contribution < 1.29 is 19.4 Å². The number of aliphatic carboxylic acids is 1. The molecule has 2 aromatic carbocycles. The molecule has 1 aliphatic heterocycles. The van der Waals surface area contributed by atoms with E-state index < -0.39 is 5.97 Å². The molecule has 1 aliphatic rings. The minimum Gasteiger partial charge on any atom is -0.481 e. The Morgan fingerprint density at radius 3 is 2.43 bits per heavy atom.